The Morgan fingerprint density at radius 1 is 1.47 bits per heavy atom. The van der Waals surface area contributed by atoms with Crippen LogP contribution in [0.25, 0.3) is 11.0 Å². The van der Waals surface area contributed by atoms with Crippen LogP contribution < -0.4 is 5.32 Å². The molecule has 3 rings (SSSR count). The van der Waals surface area contributed by atoms with E-state index in [4.69, 9.17) is 0 Å². The molecule has 4 nitrogen and oxygen atoms in total. The lowest BCUT2D eigenvalue weighted by Crippen LogP contribution is -2.35. The fourth-order valence-electron chi connectivity index (χ4n) is 3.03. The molecule has 2 unspecified atom stereocenters. The van der Waals surface area contributed by atoms with Crippen LogP contribution in [0.4, 0.5) is 0 Å². The maximum absolute atomic E-state index is 10.5. The molecule has 0 saturated carbocycles. The molecule has 2 heterocycles. The molecule has 1 aliphatic heterocycles. The zero-order chi connectivity index (χ0) is 13.2. The number of imidazole rings is 1. The van der Waals surface area contributed by atoms with Crippen molar-refractivity contribution in [3.63, 3.8) is 0 Å². The Labute approximate surface area is 113 Å². The molecule has 0 amide bonds. The third-order valence-electron chi connectivity index (χ3n) is 4.05. The SMILES string of the molecule is Cn1cnc2cccc(C(O)CC3CCCCN3)c21. The van der Waals surface area contributed by atoms with Gasteiger partial charge in [-0.25, -0.2) is 4.98 Å². The van der Waals surface area contributed by atoms with E-state index in [1.807, 2.05) is 29.8 Å². The topological polar surface area (TPSA) is 50.1 Å². The Balaban J connectivity index is 1.84. The van der Waals surface area contributed by atoms with Gasteiger partial charge in [0.15, 0.2) is 0 Å². The number of aromatic nitrogens is 2. The van der Waals surface area contributed by atoms with Gasteiger partial charge in [0.05, 0.1) is 23.5 Å². The number of nitrogens with zero attached hydrogens (tertiary/aromatic N) is 2. The molecule has 0 bridgehead atoms. The summed E-state index contributed by atoms with van der Waals surface area (Å²) < 4.78 is 1.99. The van der Waals surface area contributed by atoms with Gasteiger partial charge in [-0.1, -0.05) is 18.6 Å². The van der Waals surface area contributed by atoms with E-state index in [0.717, 1.165) is 29.6 Å². The Hall–Kier alpha value is -1.39. The Bertz CT molecular complexity index is 558. The highest BCUT2D eigenvalue weighted by Gasteiger charge is 2.20. The number of benzene rings is 1. The molecule has 1 saturated heterocycles. The van der Waals surface area contributed by atoms with E-state index in [0.29, 0.717) is 6.04 Å². The first-order chi connectivity index (χ1) is 9.25. The summed E-state index contributed by atoms with van der Waals surface area (Å²) in [5.41, 5.74) is 2.99. The van der Waals surface area contributed by atoms with Crippen LogP contribution in [-0.4, -0.2) is 27.2 Å². The number of rotatable bonds is 3. The summed E-state index contributed by atoms with van der Waals surface area (Å²) in [6, 6.07) is 6.41. The lowest BCUT2D eigenvalue weighted by atomic mass is 9.95. The van der Waals surface area contributed by atoms with E-state index >= 15 is 0 Å². The van der Waals surface area contributed by atoms with Crippen LogP contribution in [0.1, 0.15) is 37.4 Å². The van der Waals surface area contributed by atoms with Crippen LogP contribution in [0.15, 0.2) is 24.5 Å². The van der Waals surface area contributed by atoms with E-state index in [2.05, 4.69) is 10.3 Å². The molecule has 19 heavy (non-hydrogen) atoms. The van der Waals surface area contributed by atoms with Crippen molar-refractivity contribution in [2.24, 2.45) is 7.05 Å². The summed E-state index contributed by atoms with van der Waals surface area (Å²) >= 11 is 0. The Morgan fingerprint density at radius 2 is 2.37 bits per heavy atom. The van der Waals surface area contributed by atoms with Crippen LogP contribution in [0.2, 0.25) is 0 Å². The van der Waals surface area contributed by atoms with Gasteiger partial charge in [0.1, 0.15) is 0 Å². The third kappa shape index (κ3) is 2.51. The smallest absolute Gasteiger partial charge is 0.0955 e. The number of nitrogens with one attached hydrogen (secondary N) is 1. The summed E-state index contributed by atoms with van der Waals surface area (Å²) in [4.78, 5) is 4.34. The molecule has 102 valence electrons. The first-order valence-corrected chi connectivity index (χ1v) is 7.07. The van der Waals surface area contributed by atoms with Crippen molar-refractivity contribution in [3.05, 3.63) is 30.1 Å². The van der Waals surface area contributed by atoms with E-state index in [1.165, 1.54) is 19.3 Å². The Morgan fingerprint density at radius 3 is 3.16 bits per heavy atom. The largest absolute Gasteiger partial charge is 0.388 e. The number of aryl methyl sites for hydroxylation is 1. The zero-order valence-electron chi connectivity index (χ0n) is 11.3. The van der Waals surface area contributed by atoms with Gasteiger partial charge in [0.2, 0.25) is 0 Å². The molecule has 1 aliphatic rings. The number of fused-ring (bicyclic) bond motifs is 1. The number of para-hydroxylation sites is 1. The van der Waals surface area contributed by atoms with Crippen molar-refractivity contribution < 1.29 is 5.11 Å². The zero-order valence-corrected chi connectivity index (χ0v) is 11.3. The number of hydrogen-bond acceptors (Lipinski definition) is 3. The molecule has 1 aromatic heterocycles. The predicted octanol–water partition coefficient (Wildman–Crippen LogP) is 2.14. The molecule has 0 aliphatic carbocycles. The van der Waals surface area contributed by atoms with Gasteiger partial charge in [-0.05, 0) is 31.9 Å². The van der Waals surface area contributed by atoms with E-state index in [9.17, 15) is 5.11 Å². The van der Waals surface area contributed by atoms with Crippen molar-refractivity contribution in [3.8, 4) is 0 Å². The van der Waals surface area contributed by atoms with Crippen LogP contribution in [-0.2, 0) is 7.05 Å². The average molecular weight is 259 g/mol. The summed E-state index contributed by atoms with van der Waals surface area (Å²) in [5.74, 6) is 0. The second-order valence-electron chi connectivity index (χ2n) is 5.47. The van der Waals surface area contributed by atoms with Crippen molar-refractivity contribution in [2.75, 3.05) is 6.54 Å². The summed E-state index contributed by atoms with van der Waals surface area (Å²) in [6.07, 6.45) is 5.85. The van der Waals surface area contributed by atoms with E-state index < -0.39 is 6.10 Å². The molecule has 1 aromatic carbocycles. The molecule has 2 aromatic rings. The average Bonchev–Trinajstić information content (AvgIpc) is 2.82. The Kier molecular flexibility index (Phi) is 3.53. The molecule has 0 spiro atoms. The quantitative estimate of drug-likeness (QED) is 0.888. The van der Waals surface area contributed by atoms with Gasteiger partial charge in [0, 0.05) is 18.7 Å². The van der Waals surface area contributed by atoms with E-state index in [-0.39, 0.29) is 0 Å². The third-order valence-corrected chi connectivity index (χ3v) is 4.05. The predicted molar refractivity (Wildman–Crippen MR) is 75.9 cm³/mol. The van der Waals surface area contributed by atoms with Gasteiger partial charge in [-0.3, -0.25) is 0 Å². The van der Waals surface area contributed by atoms with Gasteiger partial charge in [0.25, 0.3) is 0 Å². The van der Waals surface area contributed by atoms with Crippen LogP contribution >= 0.6 is 0 Å². The molecule has 2 N–H and O–H groups in total. The second-order valence-corrected chi connectivity index (χ2v) is 5.47. The highest BCUT2D eigenvalue weighted by molar-refractivity contribution is 5.79. The van der Waals surface area contributed by atoms with E-state index in [1.54, 1.807) is 6.33 Å². The second kappa shape index (κ2) is 5.31. The first-order valence-electron chi connectivity index (χ1n) is 7.07. The van der Waals surface area contributed by atoms with Crippen molar-refractivity contribution in [1.82, 2.24) is 14.9 Å². The normalized spacial score (nSPS) is 21.7. The fourth-order valence-corrected chi connectivity index (χ4v) is 3.03. The molecule has 1 fully saturated rings. The fraction of sp³-hybridized carbons (Fsp3) is 0.533. The number of piperidine rings is 1. The van der Waals surface area contributed by atoms with Crippen LogP contribution in [0.5, 0.6) is 0 Å². The molecular weight excluding hydrogens is 238 g/mol. The maximum atomic E-state index is 10.5. The number of aliphatic hydroxyl groups is 1. The first kappa shape index (κ1) is 12.6. The van der Waals surface area contributed by atoms with Gasteiger partial charge >= 0.3 is 0 Å². The van der Waals surface area contributed by atoms with Gasteiger partial charge < -0.3 is 15.0 Å². The molecule has 0 radical (unpaired) electrons. The summed E-state index contributed by atoms with van der Waals surface area (Å²) in [7, 11) is 1.98. The lowest BCUT2D eigenvalue weighted by molar-refractivity contribution is 0.145. The van der Waals surface area contributed by atoms with Crippen LogP contribution in [0, 0.1) is 0 Å². The lowest BCUT2D eigenvalue weighted by Gasteiger charge is -2.26. The van der Waals surface area contributed by atoms with Gasteiger partial charge in [-0.2, -0.15) is 0 Å². The van der Waals surface area contributed by atoms with Crippen molar-refractivity contribution in [2.45, 2.75) is 37.8 Å². The van der Waals surface area contributed by atoms with Crippen LogP contribution in [0.3, 0.4) is 0 Å². The molecule has 2 atom stereocenters. The highest BCUT2D eigenvalue weighted by Crippen LogP contribution is 2.27. The van der Waals surface area contributed by atoms with Gasteiger partial charge in [-0.15, -0.1) is 0 Å². The molecule has 4 heteroatoms. The summed E-state index contributed by atoms with van der Waals surface area (Å²) in [5, 5.41) is 14.0. The monoisotopic (exact) mass is 259 g/mol. The minimum Gasteiger partial charge on any atom is -0.388 e. The van der Waals surface area contributed by atoms with Crippen molar-refractivity contribution in [1.29, 1.82) is 0 Å². The minimum absolute atomic E-state index is 0.422. The standard InChI is InChI=1S/C15H21N3O/c1-18-10-17-13-7-4-6-12(15(13)18)14(19)9-11-5-2-3-8-16-11/h4,6-7,10-11,14,16,19H,2-3,5,8-9H2,1H3. The molecular formula is C15H21N3O. The highest BCUT2D eigenvalue weighted by atomic mass is 16.3. The minimum atomic E-state index is -0.422. The number of hydrogen-bond donors (Lipinski definition) is 2. The number of aliphatic hydroxyl groups excluding tert-OH is 1. The maximum Gasteiger partial charge on any atom is 0.0955 e. The summed E-state index contributed by atoms with van der Waals surface area (Å²) in [6.45, 7) is 1.08. The van der Waals surface area contributed by atoms with Crippen molar-refractivity contribution >= 4 is 11.0 Å².